The van der Waals surface area contributed by atoms with Gasteiger partial charge in [-0.25, -0.2) is 0 Å². The fourth-order valence-corrected chi connectivity index (χ4v) is 2.73. The van der Waals surface area contributed by atoms with E-state index in [0.29, 0.717) is 23.0 Å². The number of halogens is 1. The summed E-state index contributed by atoms with van der Waals surface area (Å²) in [5.74, 6) is 0.222. The number of amides is 1. The molecule has 1 amide bonds. The molecule has 0 saturated carbocycles. The molecule has 0 spiro atoms. The highest BCUT2D eigenvalue weighted by Crippen LogP contribution is 2.27. The van der Waals surface area contributed by atoms with Crippen LogP contribution in [0.15, 0.2) is 60.3 Å². The number of anilines is 1. The molecule has 0 aliphatic heterocycles. The number of hydrogen-bond donors (Lipinski definition) is 1. The van der Waals surface area contributed by atoms with Crippen molar-refractivity contribution >= 4 is 23.2 Å². The third-order valence-electron chi connectivity index (χ3n) is 3.97. The van der Waals surface area contributed by atoms with E-state index in [-0.39, 0.29) is 17.5 Å². The van der Waals surface area contributed by atoms with E-state index in [2.05, 4.69) is 5.32 Å². The zero-order chi connectivity index (χ0) is 19.8. The molecule has 0 unspecified atom stereocenters. The Labute approximate surface area is 164 Å². The minimum Gasteiger partial charge on any atom is -0.495 e. The first kappa shape index (κ1) is 20.3. The highest BCUT2D eigenvalue weighted by molar-refractivity contribution is 6.32. The van der Waals surface area contributed by atoms with Gasteiger partial charge < -0.3 is 15.0 Å². The van der Waals surface area contributed by atoms with Gasteiger partial charge in [0.15, 0.2) is 0 Å². The summed E-state index contributed by atoms with van der Waals surface area (Å²) >= 11 is 6.10. The smallest absolute Gasteiger partial charge is 0.266 e. The molecule has 2 rings (SSSR count). The van der Waals surface area contributed by atoms with E-state index in [0.717, 1.165) is 5.56 Å². The van der Waals surface area contributed by atoms with Gasteiger partial charge in [-0.05, 0) is 37.6 Å². The Morgan fingerprint density at radius 2 is 2.00 bits per heavy atom. The Morgan fingerprint density at radius 1 is 1.30 bits per heavy atom. The maximum Gasteiger partial charge on any atom is 0.266 e. The average Bonchev–Trinajstić information content (AvgIpc) is 2.67. The molecule has 0 aliphatic rings. The Bertz CT molecular complexity index is 857. The van der Waals surface area contributed by atoms with E-state index >= 15 is 0 Å². The van der Waals surface area contributed by atoms with Crippen molar-refractivity contribution in [3.8, 4) is 11.8 Å². The topological polar surface area (TPSA) is 65.4 Å². The van der Waals surface area contributed by atoms with Gasteiger partial charge in [-0.3, -0.25) is 4.79 Å². The van der Waals surface area contributed by atoms with Crippen molar-refractivity contribution in [2.45, 2.75) is 26.4 Å². The Kier molecular flexibility index (Phi) is 7.27. The molecule has 6 heteroatoms. The van der Waals surface area contributed by atoms with Crippen molar-refractivity contribution in [3.05, 3.63) is 70.9 Å². The summed E-state index contributed by atoms with van der Waals surface area (Å²) in [4.78, 5) is 14.5. The second-order valence-corrected chi connectivity index (χ2v) is 6.58. The second kappa shape index (κ2) is 9.65. The van der Waals surface area contributed by atoms with Crippen LogP contribution in [0.3, 0.4) is 0 Å². The molecule has 0 aromatic heterocycles. The van der Waals surface area contributed by atoms with Crippen molar-refractivity contribution < 1.29 is 9.53 Å². The van der Waals surface area contributed by atoms with E-state index in [1.165, 1.54) is 13.3 Å². The molecule has 0 fully saturated rings. The molecule has 140 valence electrons. The molecule has 0 atom stereocenters. The summed E-state index contributed by atoms with van der Waals surface area (Å²) in [7, 11) is 1.54. The number of nitrogens with zero attached hydrogens (tertiary/aromatic N) is 2. The van der Waals surface area contributed by atoms with Crippen molar-refractivity contribution in [1.82, 2.24) is 4.90 Å². The van der Waals surface area contributed by atoms with E-state index < -0.39 is 0 Å². The Hall–Kier alpha value is -2.97. The summed E-state index contributed by atoms with van der Waals surface area (Å²) in [6.07, 6.45) is 1.40. The third kappa shape index (κ3) is 5.50. The minimum absolute atomic E-state index is 0.0200. The maximum atomic E-state index is 12.9. The lowest BCUT2D eigenvalue weighted by Crippen LogP contribution is -2.37. The molecule has 27 heavy (non-hydrogen) atoms. The van der Waals surface area contributed by atoms with Crippen LogP contribution in [0, 0.1) is 11.3 Å². The summed E-state index contributed by atoms with van der Waals surface area (Å²) < 4.78 is 5.11. The van der Waals surface area contributed by atoms with Gasteiger partial charge in [0.2, 0.25) is 0 Å². The van der Waals surface area contributed by atoms with Gasteiger partial charge in [0.05, 0.1) is 12.1 Å². The van der Waals surface area contributed by atoms with Gasteiger partial charge in [0.25, 0.3) is 5.91 Å². The van der Waals surface area contributed by atoms with Gasteiger partial charge in [-0.1, -0.05) is 41.9 Å². The maximum absolute atomic E-state index is 12.9. The zero-order valence-corrected chi connectivity index (χ0v) is 16.3. The number of carbonyl (C=O) groups is 1. The number of carbonyl (C=O) groups excluding carboxylic acids is 1. The highest BCUT2D eigenvalue weighted by Gasteiger charge is 2.21. The lowest BCUT2D eigenvalue weighted by atomic mass is 10.1. The number of rotatable bonds is 7. The number of methoxy groups -OCH3 is 1. The molecule has 0 radical (unpaired) electrons. The van der Waals surface area contributed by atoms with E-state index in [9.17, 15) is 10.1 Å². The first-order valence-electron chi connectivity index (χ1n) is 8.51. The molecule has 0 saturated heterocycles. The molecule has 0 bridgehead atoms. The van der Waals surface area contributed by atoms with E-state index in [1.807, 2.05) is 50.2 Å². The lowest BCUT2D eigenvalue weighted by Gasteiger charge is -2.26. The summed E-state index contributed by atoms with van der Waals surface area (Å²) in [5.41, 5.74) is 1.68. The van der Waals surface area contributed by atoms with Crippen LogP contribution in [0.4, 0.5) is 5.69 Å². The predicted molar refractivity (Wildman–Crippen MR) is 107 cm³/mol. The first-order chi connectivity index (χ1) is 13.0. The highest BCUT2D eigenvalue weighted by atomic mass is 35.5. The standard InChI is InChI=1S/C21H22ClN3O2/c1-15(2)25(14-16-7-5-4-6-8-16)21(26)17(12-23)13-24-18-9-10-20(27-3)19(22)11-18/h4-11,13,15,24H,14H2,1-3H3/b17-13-. The van der Waals surface area contributed by atoms with Crippen LogP contribution in [0.1, 0.15) is 19.4 Å². The summed E-state index contributed by atoms with van der Waals surface area (Å²) in [6.45, 7) is 4.28. The molecule has 0 aliphatic carbocycles. The molecular weight excluding hydrogens is 362 g/mol. The largest absolute Gasteiger partial charge is 0.495 e. The molecule has 1 N–H and O–H groups in total. The monoisotopic (exact) mass is 383 g/mol. The average molecular weight is 384 g/mol. The molecule has 5 nitrogen and oxygen atoms in total. The van der Waals surface area contributed by atoms with Crippen molar-refractivity contribution in [3.63, 3.8) is 0 Å². The quantitative estimate of drug-likeness (QED) is 0.560. The molecule has 2 aromatic carbocycles. The summed E-state index contributed by atoms with van der Waals surface area (Å²) in [5, 5.41) is 12.8. The van der Waals surface area contributed by atoms with Gasteiger partial charge in [0, 0.05) is 24.5 Å². The van der Waals surface area contributed by atoms with Crippen LogP contribution in [-0.4, -0.2) is 24.0 Å². The number of nitrogens with one attached hydrogen (secondary N) is 1. The van der Waals surface area contributed by atoms with Crippen LogP contribution in [0.25, 0.3) is 0 Å². The Morgan fingerprint density at radius 3 is 2.56 bits per heavy atom. The minimum atomic E-state index is -0.330. The van der Waals surface area contributed by atoms with Crippen LogP contribution < -0.4 is 10.1 Å². The van der Waals surface area contributed by atoms with Crippen LogP contribution in [-0.2, 0) is 11.3 Å². The predicted octanol–water partition coefficient (Wildman–Crippen LogP) is 4.61. The van der Waals surface area contributed by atoms with E-state index in [4.69, 9.17) is 16.3 Å². The molecule has 0 heterocycles. The first-order valence-corrected chi connectivity index (χ1v) is 8.89. The van der Waals surface area contributed by atoms with Crippen molar-refractivity contribution in [2.75, 3.05) is 12.4 Å². The summed E-state index contributed by atoms with van der Waals surface area (Å²) in [6, 6.07) is 16.7. The van der Waals surface area contributed by atoms with E-state index in [1.54, 1.807) is 23.1 Å². The number of nitriles is 1. The van der Waals surface area contributed by atoms with Crippen LogP contribution in [0.5, 0.6) is 5.75 Å². The van der Waals surface area contributed by atoms with Gasteiger partial charge in [-0.2, -0.15) is 5.26 Å². The lowest BCUT2D eigenvalue weighted by molar-refractivity contribution is -0.129. The SMILES string of the molecule is COc1ccc(N/C=C(/C#N)C(=O)N(Cc2ccccc2)C(C)C)cc1Cl. The Balaban J connectivity index is 2.18. The van der Waals surface area contributed by atoms with Crippen molar-refractivity contribution in [2.24, 2.45) is 0 Å². The van der Waals surface area contributed by atoms with Gasteiger partial charge in [0.1, 0.15) is 17.4 Å². The number of benzene rings is 2. The third-order valence-corrected chi connectivity index (χ3v) is 4.26. The number of hydrogen-bond acceptors (Lipinski definition) is 4. The fraction of sp³-hybridized carbons (Fsp3) is 0.238. The second-order valence-electron chi connectivity index (χ2n) is 6.18. The van der Waals surface area contributed by atoms with Gasteiger partial charge >= 0.3 is 0 Å². The zero-order valence-electron chi connectivity index (χ0n) is 15.6. The molecular formula is C21H22ClN3O2. The number of ether oxygens (including phenoxy) is 1. The van der Waals surface area contributed by atoms with Gasteiger partial charge in [-0.15, -0.1) is 0 Å². The van der Waals surface area contributed by atoms with Crippen LogP contribution in [0.2, 0.25) is 5.02 Å². The fourth-order valence-electron chi connectivity index (χ4n) is 2.48. The van der Waals surface area contributed by atoms with Crippen molar-refractivity contribution in [1.29, 1.82) is 5.26 Å². The van der Waals surface area contributed by atoms with Crippen LogP contribution >= 0.6 is 11.6 Å². The molecule has 2 aromatic rings. The normalized spacial score (nSPS) is 11.0.